The summed E-state index contributed by atoms with van der Waals surface area (Å²) in [7, 11) is 0. The van der Waals surface area contributed by atoms with E-state index < -0.39 is 11.7 Å². The Morgan fingerprint density at radius 1 is 1.00 bits per heavy atom. The van der Waals surface area contributed by atoms with E-state index in [-0.39, 0.29) is 18.2 Å². The highest BCUT2D eigenvalue weighted by Crippen LogP contribution is 2.42. The summed E-state index contributed by atoms with van der Waals surface area (Å²) in [6.45, 7) is 3.83. The van der Waals surface area contributed by atoms with Gasteiger partial charge >= 0.3 is 6.18 Å². The second-order valence-corrected chi connectivity index (χ2v) is 8.65. The van der Waals surface area contributed by atoms with Gasteiger partial charge in [0.2, 0.25) is 0 Å². The fourth-order valence-electron chi connectivity index (χ4n) is 4.91. The van der Waals surface area contributed by atoms with Crippen LogP contribution in [-0.2, 0) is 6.18 Å². The molecule has 0 radical (unpaired) electrons. The van der Waals surface area contributed by atoms with Crippen LogP contribution >= 0.6 is 0 Å². The molecule has 2 aromatic heterocycles. The van der Waals surface area contributed by atoms with Crippen LogP contribution in [0.3, 0.4) is 0 Å². The van der Waals surface area contributed by atoms with Gasteiger partial charge in [0.25, 0.3) is 0 Å². The van der Waals surface area contributed by atoms with Gasteiger partial charge in [0.15, 0.2) is 11.7 Å². The number of oxazole rings is 1. The summed E-state index contributed by atoms with van der Waals surface area (Å²) in [6.07, 6.45) is 1.83. The SMILES string of the molecule is Cc1ccc(O[C@H]2C[C@H]3CC[C@@H](C2)N3c2ccc(C(F)(F)F)cn2)c(-c2cnc(C)o2)c1. The number of pyridine rings is 1. The number of alkyl halides is 3. The van der Waals surface area contributed by atoms with Crippen LogP contribution in [0.5, 0.6) is 5.75 Å². The van der Waals surface area contributed by atoms with Crippen LogP contribution in [-0.4, -0.2) is 28.2 Å². The van der Waals surface area contributed by atoms with Gasteiger partial charge in [0.05, 0.1) is 17.3 Å². The van der Waals surface area contributed by atoms with Crippen LogP contribution in [0.4, 0.5) is 19.0 Å². The molecule has 3 aromatic rings. The molecule has 5 nitrogen and oxygen atoms in total. The smallest absolute Gasteiger partial charge is 0.417 e. The number of hydrogen-bond acceptors (Lipinski definition) is 5. The zero-order valence-corrected chi connectivity index (χ0v) is 17.9. The number of rotatable bonds is 4. The first-order valence-electron chi connectivity index (χ1n) is 10.8. The zero-order chi connectivity index (χ0) is 22.5. The molecule has 1 aromatic carbocycles. The number of nitrogens with zero attached hydrogens (tertiary/aromatic N) is 3. The number of ether oxygens (including phenoxy) is 1. The van der Waals surface area contributed by atoms with Crippen molar-refractivity contribution in [3.8, 4) is 17.1 Å². The minimum absolute atomic E-state index is 0.0173. The number of hydrogen-bond donors (Lipinski definition) is 0. The largest absolute Gasteiger partial charge is 0.489 e. The molecule has 0 amide bonds. The molecule has 32 heavy (non-hydrogen) atoms. The van der Waals surface area contributed by atoms with Crippen LogP contribution in [0.25, 0.3) is 11.3 Å². The second kappa shape index (κ2) is 7.83. The molecule has 0 N–H and O–H groups in total. The van der Waals surface area contributed by atoms with Crippen molar-refractivity contribution in [2.75, 3.05) is 4.90 Å². The Morgan fingerprint density at radius 2 is 1.75 bits per heavy atom. The van der Waals surface area contributed by atoms with Crippen LogP contribution in [0.1, 0.15) is 42.7 Å². The minimum Gasteiger partial charge on any atom is -0.489 e. The summed E-state index contributed by atoms with van der Waals surface area (Å²) in [5.74, 6) is 2.65. The molecule has 0 spiro atoms. The lowest BCUT2D eigenvalue weighted by Crippen LogP contribution is -2.46. The molecule has 8 heteroatoms. The van der Waals surface area contributed by atoms with E-state index in [1.54, 1.807) is 6.20 Å². The van der Waals surface area contributed by atoms with Gasteiger partial charge in [-0.1, -0.05) is 11.6 Å². The van der Waals surface area contributed by atoms with E-state index in [9.17, 15) is 13.2 Å². The van der Waals surface area contributed by atoms with Crippen LogP contribution in [0.2, 0.25) is 0 Å². The van der Waals surface area contributed by atoms with Crippen molar-refractivity contribution in [2.45, 2.75) is 63.9 Å². The number of halogens is 3. The molecule has 2 fully saturated rings. The fraction of sp³-hybridized carbons (Fsp3) is 0.417. The van der Waals surface area contributed by atoms with E-state index in [1.807, 2.05) is 32.0 Å². The predicted octanol–water partition coefficient (Wildman–Crippen LogP) is 5.95. The average molecular weight is 443 g/mol. The maximum absolute atomic E-state index is 12.9. The lowest BCUT2D eigenvalue weighted by atomic mass is 9.99. The van der Waals surface area contributed by atoms with Gasteiger partial charge in [-0.2, -0.15) is 13.2 Å². The molecule has 5 rings (SSSR count). The fourth-order valence-corrected chi connectivity index (χ4v) is 4.91. The molecule has 0 unspecified atom stereocenters. The standard InChI is InChI=1S/C24H24F3N3O2/c1-14-3-7-21(20(9-14)22-13-28-15(2)31-22)32-19-10-17-5-6-18(11-19)30(17)23-8-4-16(12-29-23)24(25,26)27/h3-4,7-9,12-13,17-19H,5-6,10-11H2,1-2H3/t17-,18+,19+. The van der Waals surface area contributed by atoms with Gasteiger partial charge in [-0.15, -0.1) is 0 Å². The van der Waals surface area contributed by atoms with E-state index in [0.29, 0.717) is 17.5 Å². The summed E-state index contributed by atoms with van der Waals surface area (Å²) in [6, 6.07) is 9.01. The van der Waals surface area contributed by atoms with Crippen molar-refractivity contribution in [3.63, 3.8) is 0 Å². The van der Waals surface area contributed by atoms with Crippen molar-refractivity contribution in [3.05, 3.63) is 59.7 Å². The molecular weight excluding hydrogens is 419 g/mol. The van der Waals surface area contributed by atoms with E-state index in [4.69, 9.17) is 9.15 Å². The van der Waals surface area contributed by atoms with E-state index >= 15 is 0 Å². The molecular formula is C24H24F3N3O2. The predicted molar refractivity (Wildman–Crippen MR) is 114 cm³/mol. The highest BCUT2D eigenvalue weighted by atomic mass is 19.4. The maximum atomic E-state index is 12.9. The molecule has 2 bridgehead atoms. The van der Waals surface area contributed by atoms with E-state index in [0.717, 1.165) is 54.8 Å². The van der Waals surface area contributed by atoms with Crippen molar-refractivity contribution in [1.29, 1.82) is 0 Å². The van der Waals surface area contributed by atoms with Crippen molar-refractivity contribution >= 4 is 5.82 Å². The minimum atomic E-state index is -4.38. The number of anilines is 1. The number of aryl methyl sites for hydroxylation is 2. The van der Waals surface area contributed by atoms with Crippen LogP contribution in [0.15, 0.2) is 47.1 Å². The van der Waals surface area contributed by atoms with Crippen LogP contribution in [0, 0.1) is 13.8 Å². The Bertz CT molecular complexity index is 1100. The first-order valence-corrected chi connectivity index (χ1v) is 10.8. The highest BCUT2D eigenvalue weighted by Gasteiger charge is 2.42. The van der Waals surface area contributed by atoms with Gasteiger partial charge in [-0.3, -0.25) is 0 Å². The maximum Gasteiger partial charge on any atom is 0.417 e. The van der Waals surface area contributed by atoms with Crippen molar-refractivity contribution in [1.82, 2.24) is 9.97 Å². The van der Waals surface area contributed by atoms with Gasteiger partial charge in [0, 0.05) is 38.0 Å². The molecule has 3 atom stereocenters. The lowest BCUT2D eigenvalue weighted by molar-refractivity contribution is -0.137. The summed E-state index contributed by atoms with van der Waals surface area (Å²) < 4.78 is 50.8. The molecule has 0 aliphatic carbocycles. The first-order chi connectivity index (χ1) is 15.3. The molecule has 4 heterocycles. The molecule has 2 aliphatic rings. The third kappa shape index (κ3) is 3.94. The topological polar surface area (TPSA) is 51.4 Å². The zero-order valence-electron chi connectivity index (χ0n) is 17.9. The van der Waals surface area contributed by atoms with Crippen molar-refractivity contribution in [2.24, 2.45) is 0 Å². The second-order valence-electron chi connectivity index (χ2n) is 8.65. The number of aromatic nitrogens is 2. The lowest BCUT2D eigenvalue weighted by Gasteiger charge is -2.40. The van der Waals surface area contributed by atoms with Gasteiger partial charge in [-0.05, 0) is 44.0 Å². The van der Waals surface area contributed by atoms with Gasteiger partial charge in [-0.25, -0.2) is 9.97 Å². The van der Waals surface area contributed by atoms with E-state index in [1.165, 1.54) is 6.07 Å². The van der Waals surface area contributed by atoms with Crippen molar-refractivity contribution < 1.29 is 22.3 Å². The number of benzene rings is 1. The molecule has 2 saturated heterocycles. The van der Waals surface area contributed by atoms with Crippen LogP contribution < -0.4 is 9.64 Å². The highest BCUT2D eigenvalue weighted by molar-refractivity contribution is 5.66. The molecule has 168 valence electrons. The Labute approximate surface area is 184 Å². The third-order valence-electron chi connectivity index (χ3n) is 6.35. The number of piperidine rings is 1. The quantitative estimate of drug-likeness (QED) is 0.499. The normalized spacial score (nSPS) is 22.9. The molecule has 2 aliphatic heterocycles. The van der Waals surface area contributed by atoms with Gasteiger partial charge < -0.3 is 14.1 Å². The molecule has 0 saturated carbocycles. The Balaban J connectivity index is 1.34. The first kappa shape index (κ1) is 20.8. The Hall–Kier alpha value is -3.03. The monoisotopic (exact) mass is 443 g/mol. The third-order valence-corrected chi connectivity index (χ3v) is 6.35. The Kier molecular flexibility index (Phi) is 5.10. The summed E-state index contributed by atoms with van der Waals surface area (Å²) in [5, 5.41) is 0. The van der Waals surface area contributed by atoms with E-state index in [2.05, 4.69) is 14.9 Å². The van der Waals surface area contributed by atoms with Gasteiger partial charge in [0.1, 0.15) is 17.7 Å². The summed E-state index contributed by atoms with van der Waals surface area (Å²) >= 11 is 0. The number of fused-ring (bicyclic) bond motifs is 2. The summed E-state index contributed by atoms with van der Waals surface area (Å²) in [4.78, 5) is 10.5. The summed E-state index contributed by atoms with van der Waals surface area (Å²) in [5.41, 5.74) is 1.26. The average Bonchev–Trinajstić information content (AvgIpc) is 3.29. The Morgan fingerprint density at radius 3 is 2.34 bits per heavy atom.